The third-order valence-corrected chi connectivity index (χ3v) is 3.56. The van der Waals surface area contributed by atoms with E-state index in [4.69, 9.17) is 5.11 Å². The van der Waals surface area contributed by atoms with E-state index >= 15 is 0 Å². The molecule has 0 saturated carbocycles. The van der Waals surface area contributed by atoms with Crippen molar-refractivity contribution in [2.45, 2.75) is 45.6 Å². The Kier molecular flexibility index (Phi) is 3.90. The molecule has 2 rings (SSSR count). The van der Waals surface area contributed by atoms with Crippen LogP contribution in [-0.4, -0.2) is 23.7 Å². The Morgan fingerprint density at radius 2 is 2.22 bits per heavy atom. The quantitative estimate of drug-likeness (QED) is 0.889. The number of carboxylic acids is 1. The summed E-state index contributed by atoms with van der Waals surface area (Å²) in [7, 11) is 0. The highest BCUT2D eigenvalue weighted by Gasteiger charge is 2.19. The van der Waals surface area contributed by atoms with Crippen LogP contribution in [-0.2, 0) is 17.6 Å². The molecule has 1 aliphatic heterocycles. The molecule has 0 amide bonds. The third-order valence-electron chi connectivity index (χ3n) is 3.56. The minimum Gasteiger partial charge on any atom is -0.481 e. The van der Waals surface area contributed by atoms with Gasteiger partial charge in [0.25, 0.3) is 0 Å². The van der Waals surface area contributed by atoms with Crippen LogP contribution in [0, 0.1) is 0 Å². The van der Waals surface area contributed by atoms with Crippen molar-refractivity contribution in [1.82, 2.24) is 0 Å². The Labute approximate surface area is 108 Å². The molecule has 3 nitrogen and oxygen atoms in total. The number of benzene rings is 1. The maximum atomic E-state index is 10.6. The van der Waals surface area contributed by atoms with Crippen LogP contribution in [0.3, 0.4) is 0 Å². The van der Waals surface area contributed by atoms with Crippen LogP contribution in [0.5, 0.6) is 0 Å². The van der Waals surface area contributed by atoms with Gasteiger partial charge in [0.15, 0.2) is 0 Å². The number of aryl methyl sites for hydroxylation is 2. The number of carbonyl (C=O) groups is 1. The van der Waals surface area contributed by atoms with Crippen LogP contribution >= 0.6 is 0 Å². The minimum absolute atomic E-state index is 0.209. The van der Waals surface area contributed by atoms with Gasteiger partial charge in [-0.15, -0.1) is 0 Å². The second kappa shape index (κ2) is 5.42. The van der Waals surface area contributed by atoms with Gasteiger partial charge in [-0.3, -0.25) is 4.79 Å². The van der Waals surface area contributed by atoms with Crippen molar-refractivity contribution in [2.24, 2.45) is 0 Å². The summed E-state index contributed by atoms with van der Waals surface area (Å²) in [5, 5.41) is 8.74. The van der Waals surface area contributed by atoms with Gasteiger partial charge in [0.05, 0.1) is 0 Å². The largest absolute Gasteiger partial charge is 0.481 e. The molecule has 1 heterocycles. The van der Waals surface area contributed by atoms with Gasteiger partial charge in [-0.05, 0) is 50.3 Å². The van der Waals surface area contributed by atoms with Gasteiger partial charge >= 0.3 is 5.97 Å². The fraction of sp³-hybridized carbons (Fsp3) is 0.533. The molecule has 1 aromatic rings. The zero-order chi connectivity index (χ0) is 13.1. The Hall–Kier alpha value is -1.51. The molecule has 0 unspecified atom stereocenters. The van der Waals surface area contributed by atoms with Crippen molar-refractivity contribution in [1.29, 1.82) is 0 Å². The average molecular weight is 247 g/mol. The smallest absolute Gasteiger partial charge is 0.303 e. The molecule has 0 fully saturated rings. The van der Waals surface area contributed by atoms with Gasteiger partial charge in [0.2, 0.25) is 0 Å². The number of fused-ring (bicyclic) bond motifs is 1. The first-order valence-corrected chi connectivity index (χ1v) is 6.68. The molecule has 0 atom stereocenters. The van der Waals surface area contributed by atoms with Crippen molar-refractivity contribution in [3.63, 3.8) is 0 Å². The van der Waals surface area contributed by atoms with Gasteiger partial charge in [-0.2, -0.15) is 0 Å². The summed E-state index contributed by atoms with van der Waals surface area (Å²) in [6, 6.07) is 6.92. The Bertz CT molecular complexity index is 440. The van der Waals surface area contributed by atoms with E-state index < -0.39 is 5.97 Å². The lowest BCUT2D eigenvalue weighted by Gasteiger charge is -2.35. The van der Waals surface area contributed by atoms with Crippen LogP contribution in [0.2, 0.25) is 0 Å². The molecule has 18 heavy (non-hydrogen) atoms. The van der Waals surface area contributed by atoms with Crippen LogP contribution < -0.4 is 4.90 Å². The van der Waals surface area contributed by atoms with Crippen molar-refractivity contribution in [2.75, 3.05) is 11.4 Å². The van der Waals surface area contributed by atoms with E-state index in [1.165, 1.54) is 17.7 Å². The van der Waals surface area contributed by atoms with Gasteiger partial charge in [0, 0.05) is 24.7 Å². The molecular weight excluding hydrogens is 226 g/mol. The fourth-order valence-electron chi connectivity index (χ4n) is 2.59. The summed E-state index contributed by atoms with van der Waals surface area (Å²) in [5.41, 5.74) is 3.83. The van der Waals surface area contributed by atoms with E-state index in [9.17, 15) is 4.79 Å². The molecule has 0 aliphatic carbocycles. The molecule has 0 spiro atoms. The number of hydrogen-bond acceptors (Lipinski definition) is 2. The SMILES string of the molecule is CC(C)N1CCCc2ccc(CCC(=O)O)cc21. The predicted molar refractivity (Wildman–Crippen MR) is 73.2 cm³/mol. The molecule has 0 aromatic heterocycles. The summed E-state index contributed by atoms with van der Waals surface area (Å²) < 4.78 is 0. The van der Waals surface area contributed by atoms with Gasteiger partial charge in [-0.25, -0.2) is 0 Å². The highest BCUT2D eigenvalue weighted by atomic mass is 16.4. The van der Waals surface area contributed by atoms with Crippen LogP contribution in [0.1, 0.15) is 37.8 Å². The highest BCUT2D eigenvalue weighted by Crippen LogP contribution is 2.30. The average Bonchev–Trinajstić information content (AvgIpc) is 2.35. The van der Waals surface area contributed by atoms with E-state index in [-0.39, 0.29) is 6.42 Å². The molecule has 0 saturated heterocycles. The maximum absolute atomic E-state index is 10.6. The second-order valence-electron chi connectivity index (χ2n) is 5.25. The predicted octanol–water partition coefficient (Wildman–Crippen LogP) is 2.86. The first-order valence-electron chi connectivity index (χ1n) is 6.68. The lowest BCUT2D eigenvalue weighted by molar-refractivity contribution is -0.136. The van der Waals surface area contributed by atoms with Gasteiger partial charge in [0.1, 0.15) is 0 Å². The molecule has 0 bridgehead atoms. The molecule has 1 N–H and O–H groups in total. The van der Waals surface area contributed by atoms with E-state index in [0.717, 1.165) is 18.5 Å². The molecule has 1 aromatic carbocycles. The molecule has 98 valence electrons. The molecule has 1 aliphatic rings. The van der Waals surface area contributed by atoms with Crippen molar-refractivity contribution >= 4 is 11.7 Å². The van der Waals surface area contributed by atoms with E-state index in [2.05, 4.69) is 36.9 Å². The van der Waals surface area contributed by atoms with Crippen molar-refractivity contribution < 1.29 is 9.90 Å². The summed E-state index contributed by atoms with van der Waals surface area (Å²) in [6.07, 6.45) is 3.17. The fourth-order valence-corrected chi connectivity index (χ4v) is 2.59. The van der Waals surface area contributed by atoms with Crippen LogP contribution in [0.25, 0.3) is 0 Å². The third kappa shape index (κ3) is 2.84. The van der Waals surface area contributed by atoms with E-state index in [1.807, 2.05) is 0 Å². The standard InChI is InChI=1S/C15H21NO2/c1-11(2)16-9-3-4-13-7-5-12(10-14(13)16)6-8-15(17)18/h5,7,10-11H,3-4,6,8-9H2,1-2H3,(H,17,18). The number of anilines is 1. The van der Waals surface area contributed by atoms with E-state index in [0.29, 0.717) is 12.5 Å². The second-order valence-corrected chi connectivity index (χ2v) is 5.25. The summed E-state index contributed by atoms with van der Waals surface area (Å²) >= 11 is 0. The highest BCUT2D eigenvalue weighted by molar-refractivity contribution is 5.67. The Balaban J connectivity index is 2.22. The normalized spacial score (nSPS) is 14.7. The zero-order valence-electron chi connectivity index (χ0n) is 11.1. The lowest BCUT2D eigenvalue weighted by Crippen LogP contribution is -2.35. The van der Waals surface area contributed by atoms with Gasteiger partial charge in [-0.1, -0.05) is 12.1 Å². The van der Waals surface area contributed by atoms with Crippen molar-refractivity contribution in [3.8, 4) is 0 Å². The molecular formula is C15H21NO2. The Morgan fingerprint density at radius 3 is 2.89 bits per heavy atom. The molecule has 3 heteroatoms. The zero-order valence-corrected chi connectivity index (χ0v) is 11.1. The summed E-state index contributed by atoms with van der Waals surface area (Å²) in [5.74, 6) is -0.728. The van der Waals surface area contributed by atoms with Crippen molar-refractivity contribution in [3.05, 3.63) is 29.3 Å². The minimum atomic E-state index is -0.728. The number of rotatable bonds is 4. The number of aliphatic carboxylic acids is 1. The maximum Gasteiger partial charge on any atom is 0.303 e. The first kappa shape index (κ1) is 12.9. The summed E-state index contributed by atoms with van der Waals surface area (Å²) in [6.45, 7) is 5.52. The first-order chi connectivity index (χ1) is 8.58. The monoisotopic (exact) mass is 247 g/mol. The number of nitrogens with zero attached hydrogens (tertiary/aromatic N) is 1. The number of carboxylic acid groups (broad SMARTS) is 1. The topological polar surface area (TPSA) is 40.5 Å². The van der Waals surface area contributed by atoms with Gasteiger partial charge < -0.3 is 10.0 Å². The van der Waals surface area contributed by atoms with E-state index in [1.54, 1.807) is 0 Å². The lowest BCUT2D eigenvalue weighted by atomic mass is 9.97. The van der Waals surface area contributed by atoms with Crippen LogP contribution in [0.15, 0.2) is 18.2 Å². The molecule has 0 radical (unpaired) electrons. The Morgan fingerprint density at radius 1 is 1.44 bits per heavy atom. The van der Waals surface area contributed by atoms with Crippen LogP contribution in [0.4, 0.5) is 5.69 Å². The summed E-state index contributed by atoms with van der Waals surface area (Å²) in [4.78, 5) is 13.0. The number of hydrogen-bond donors (Lipinski definition) is 1.